The van der Waals surface area contributed by atoms with Gasteiger partial charge in [0.1, 0.15) is 0 Å². The Hall–Kier alpha value is -0.0800. The molecule has 0 aliphatic carbocycles. The van der Waals surface area contributed by atoms with Gasteiger partial charge in [0, 0.05) is 18.6 Å². The molecule has 0 aromatic rings. The maximum atomic E-state index is 2.60. The molecule has 2 nitrogen and oxygen atoms in total. The van der Waals surface area contributed by atoms with Gasteiger partial charge in [-0.3, -0.25) is 4.90 Å². The molecule has 0 saturated carbocycles. The van der Waals surface area contributed by atoms with E-state index in [9.17, 15) is 0 Å². The Kier molecular flexibility index (Phi) is 3.36. The summed E-state index contributed by atoms with van der Waals surface area (Å²) >= 11 is 0. The van der Waals surface area contributed by atoms with E-state index in [-0.39, 0.29) is 0 Å². The van der Waals surface area contributed by atoms with E-state index in [2.05, 4.69) is 44.7 Å². The van der Waals surface area contributed by atoms with Crippen LogP contribution in [0.3, 0.4) is 0 Å². The van der Waals surface area contributed by atoms with Gasteiger partial charge in [-0.25, -0.2) is 0 Å². The van der Waals surface area contributed by atoms with Gasteiger partial charge < -0.3 is 4.90 Å². The smallest absolute Gasteiger partial charge is 0.0125 e. The largest absolute Gasteiger partial charge is 0.309 e. The van der Waals surface area contributed by atoms with Crippen molar-refractivity contribution in [1.29, 1.82) is 0 Å². The second kappa shape index (κ2) is 3.97. The number of likely N-dealkylation sites (tertiary alicyclic amines) is 1. The van der Waals surface area contributed by atoms with Crippen molar-refractivity contribution in [1.82, 2.24) is 9.80 Å². The molecular weight excluding hydrogens is 160 g/mol. The Balaban J connectivity index is 2.36. The fourth-order valence-electron chi connectivity index (χ4n) is 2.11. The van der Waals surface area contributed by atoms with E-state index in [1.165, 1.54) is 26.1 Å². The average molecular weight is 184 g/mol. The van der Waals surface area contributed by atoms with Gasteiger partial charge in [-0.1, -0.05) is 0 Å². The van der Waals surface area contributed by atoms with E-state index in [0.29, 0.717) is 5.54 Å². The standard InChI is InChI=1S/C11H24N2/c1-11(2,3)13-7-6-10(9-13)8-12(4)5/h10H,6-9H2,1-5H3. The quantitative estimate of drug-likeness (QED) is 0.644. The molecule has 1 aliphatic rings. The SMILES string of the molecule is CN(C)CC1CCN(C(C)(C)C)C1. The molecule has 13 heavy (non-hydrogen) atoms. The molecule has 1 unspecified atom stereocenters. The Bertz CT molecular complexity index is 158. The third-order valence-electron chi connectivity index (χ3n) is 2.86. The first-order valence-corrected chi connectivity index (χ1v) is 5.29. The number of rotatable bonds is 2. The van der Waals surface area contributed by atoms with E-state index in [1.807, 2.05) is 0 Å². The minimum absolute atomic E-state index is 0.362. The second-order valence-electron chi connectivity index (χ2n) is 5.53. The molecule has 78 valence electrons. The molecule has 2 heteroatoms. The van der Waals surface area contributed by atoms with Crippen LogP contribution in [0.2, 0.25) is 0 Å². The lowest BCUT2D eigenvalue weighted by Gasteiger charge is -2.32. The van der Waals surface area contributed by atoms with Gasteiger partial charge in [0.05, 0.1) is 0 Å². The second-order valence-corrected chi connectivity index (χ2v) is 5.53. The van der Waals surface area contributed by atoms with Crippen LogP contribution in [0.1, 0.15) is 27.2 Å². The minimum Gasteiger partial charge on any atom is -0.309 e. The van der Waals surface area contributed by atoms with Gasteiger partial charge in [0.25, 0.3) is 0 Å². The highest BCUT2D eigenvalue weighted by Crippen LogP contribution is 2.24. The lowest BCUT2D eigenvalue weighted by molar-refractivity contribution is 0.164. The van der Waals surface area contributed by atoms with Gasteiger partial charge in [-0.2, -0.15) is 0 Å². The molecule has 0 bridgehead atoms. The number of hydrogen-bond donors (Lipinski definition) is 0. The summed E-state index contributed by atoms with van der Waals surface area (Å²) in [7, 11) is 4.33. The zero-order chi connectivity index (χ0) is 10.1. The van der Waals surface area contributed by atoms with Gasteiger partial charge in [-0.05, 0) is 53.8 Å². The van der Waals surface area contributed by atoms with E-state index in [4.69, 9.17) is 0 Å². The third kappa shape index (κ3) is 3.28. The van der Waals surface area contributed by atoms with Crippen LogP contribution in [-0.4, -0.2) is 49.1 Å². The van der Waals surface area contributed by atoms with E-state index < -0.39 is 0 Å². The van der Waals surface area contributed by atoms with Crippen molar-refractivity contribution in [2.45, 2.75) is 32.7 Å². The van der Waals surface area contributed by atoms with E-state index in [1.54, 1.807) is 0 Å². The summed E-state index contributed by atoms with van der Waals surface area (Å²) < 4.78 is 0. The molecule has 1 saturated heterocycles. The van der Waals surface area contributed by atoms with Crippen molar-refractivity contribution in [3.63, 3.8) is 0 Å². The molecule has 0 N–H and O–H groups in total. The molecule has 1 atom stereocenters. The van der Waals surface area contributed by atoms with Gasteiger partial charge in [-0.15, -0.1) is 0 Å². The normalized spacial score (nSPS) is 25.8. The van der Waals surface area contributed by atoms with Crippen LogP contribution < -0.4 is 0 Å². The van der Waals surface area contributed by atoms with Crippen molar-refractivity contribution in [3.8, 4) is 0 Å². The van der Waals surface area contributed by atoms with E-state index >= 15 is 0 Å². The van der Waals surface area contributed by atoms with Crippen LogP contribution >= 0.6 is 0 Å². The molecule has 0 aromatic carbocycles. The molecule has 1 aliphatic heterocycles. The van der Waals surface area contributed by atoms with Gasteiger partial charge in [0.2, 0.25) is 0 Å². The topological polar surface area (TPSA) is 6.48 Å². The van der Waals surface area contributed by atoms with Crippen molar-refractivity contribution in [2.75, 3.05) is 33.7 Å². The predicted octanol–water partition coefficient (Wildman–Crippen LogP) is 1.67. The highest BCUT2D eigenvalue weighted by atomic mass is 15.2. The molecule has 0 radical (unpaired) electrons. The first-order chi connectivity index (χ1) is 5.89. The van der Waals surface area contributed by atoms with Gasteiger partial charge in [0.15, 0.2) is 0 Å². The van der Waals surface area contributed by atoms with Crippen molar-refractivity contribution in [2.24, 2.45) is 5.92 Å². The molecule has 0 aromatic heterocycles. The molecule has 1 rings (SSSR count). The fraction of sp³-hybridized carbons (Fsp3) is 1.00. The van der Waals surface area contributed by atoms with Crippen LogP contribution in [0.15, 0.2) is 0 Å². The Morgan fingerprint density at radius 1 is 1.31 bits per heavy atom. The molecule has 0 amide bonds. The summed E-state index contributed by atoms with van der Waals surface area (Å²) in [6, 6.07) is 0. The first-order valence-electron chi connectivity index (χ1n) is 5.29. The number of hydrogen-bond acceptors (Lipinski definition) is 2. The Morgan fingerprint density at radius 2 is 1.92 bits per heavy atom. The Labute approximate surface area is 82.9 Å². The lowest BCUT2D eigenvalue weighted by atomic mass is 10.1. The first kappa shape index (κ1) is 11.0. The predicted molar refractivity (Wildman–Crippen MR) is 58.0 cm³/mol. The summed E-state index contributed by atoms with van der Waals surface area (Å²) in [5, 5.41) is 0. The molecular formula is C11H24N2. The van der Waals surface area contributed by atoms with Crippen LogP contribution in [0.25, 0.3) is 0 Å². The van der Waals surface area contributed by atoms with Gasteiger partial charge >= 0.3 is 0 Å². The fourth-order valence-corrected chi connectivity index (χ4v) is 2.11. The molecule has 0 spiro atoms. The van der Waals surface area contributed by atoms with Crippen LogP contribution in [-0.2, 0) is 0 Å². The van der Waals surface area contributed by atoms with Crippen LogP contribution in [0.4, 0.5) is 0 Å². The van der Waals surface area contributed by atoms with Crippen molar-refractivity contribution in [3.05, 3.63) is 0 Å². The summed E-state index contributed by atoms with van der Waals surface area (Å²) in [5.41, 5.74) is 0.362. The number of nitrogens with zero attached hydrogens (tertiary/aromatic N) is 2. The third-order valence-corrected chi connectivity index (χ3v) is 2.86. The maximum absolute atomic E-state index is 2.60. The maximum Gasteiger partial charge on any atom is 0.0125 e. The summed E-state index contributed by atoms with van der Waals surface area (Å²) in [5.74, 6) is 0.884. The van der Waals surface area contributed by atoms with Crippen LogP contribution in [0, 0.1) is 5.92 Å². The summed E-state index contributed by atoms with van der Waals surface area (Å²) in [6.45, 7) is 10.7. The summed E-state index contributed by atoms with van der Waals surface area (Å²) in [4.78, 5) is 4.90. The van der Waals surface area contributed by atoms with E-state index in [0.717, 1.165) is 5.92 Å². The lowest BCUT2D eigenvalue weighted by Crippen LogP contribution is -2.40. The zero-order valence-electron chi connectivity index (χ0n) is 9.80. The molecule has 1 fully saturated rings. The highest BCUT2D eigenvalue weighted by molar-refractivity contribution is 4.85. The Morgan fingerprint density at radius 3 is 2.31 bits per heavy atom. The van der Waals surface area contributed by atoms with Crippen molar-refractivity contribution >= 4 is 0 Å². The highest BCUT2D eigenvalue weighted by Gasteiger charge is 2.29. The monoisotopic (exact) mass is 184 g/mol. The zero-order valence-corrected chi connectivity index (χ0v) is 9.80. The average Bonchev–Trinajstić information content (AvgIpc) is 2.32. The van der Waals surface area contributed by atoms with Crippen molar-refractivity contribution < 1.29 is 0 Å². The molecule has 1 heterocycles. The summed E-state index contributed by atoms with van der Waals surface area (Å²) in [6.07, 6.45) is 1.37. The minimum atomic E-state index is 0.362. The van der Waals surface area contributed by atoms with Crippen LogP contribution in [0.5, 0.6) is 0 Å².